The van der Waals surface area contributed by atoms with Crippen molar-refractivity contribution < 1.29 is 4.39 Å². The molecule has 0 saturated heterocycles. The van der Waals surface area contributed by atoms with Crippen LogP contribution < -0.4 is 5.32 Å². The van der Waals surface area contributed by atoms with Crippen LogP contribution in [0.15, 0.2) is 24.3 Å². The molecule has 0 aliphatic carbocycles. The van der Waals surface area contributed by atoms with E-state index in [0.29, 0.717) is 6.42 Å². The Labute approximate surface area is 125 Å². The van der Waals surface area contributed by atoms with E-state index in [1.165, 1.54) is 17.7 Å². The van der Waals surface area contributed by atoms with Crippen molar-refractivity contribution in [3.05, 3.63) is 58.4 Å². The van der Waals surface area contributed by atoms with Crippen LogP contribution in [0.4, 0.5) is 4.39 Å². The molecule has 4 heteroatoms. The quantitative estimate of drug-likeness (QED) is 0.830. The molecular weight excluding hydrogens is 265 g/mol. The normalized spacial score (nSPS) is 10.9. The number of halogens is 1. The van der Waals surface area contributed by atoms with Gasteiger partial charge in [-0.1, -0.05) is 12.1 Å². The highest BCUT2D eigenvalue weighted by Gasteiger charge is 2.09. The van der Waals surface area contributed by atoms with Gasteiger partial charge in [-0.15, -0.1) is 0 Å². The Bertz CT molecular complexity index is 588. The molecule has 2 aromatic rings. The predicted octanol–water partition coefficient (Wildman–Crippen LogP) is 2.98. The molecular formula is C17H22FN3. The molecule has 0 atom stereocenters. The van der Waals surface area contributed by atoms with E-state index in [-0.39, 0.29) is 5.82 Å². The fourth-order valence-corrected chi connectivity index (χ4v) is 2.52. The van der Waals surface area contributed by atoms with E-state index in [4.69, 9.17) is 0 Å². The summed E-state index contributed by atoms with van der Waals surface area (Å²) >= 11 is 0. The molecule has 0 saturated carbocycles. The number of hydrogen-bond acceptors (Lipinski definition) is 3. The number of nitrogens with zero attached hydrogens (tertiary/aromatic N) is 2. The maximum absolute atomic E-state index is 13.2. The first kappa shape index (κ1) is 15.6. The van der Waals surface area contributed by atoms with Crippen LogP contribution in [0.1, 0.15) is 34.8 Å². The second-order valence-corrected chi connectivity index (χ2v) is 5.30. The first-order valence-electron chi connectivity index (χ1n) is 7.32. The lowest BCUT2D eigenvalue weighted by molar-refractivity contribution is 0.625. The highest BCUT2D eigenvalue weighted by molar-refractivity contribution is 5.27. The van der Waals surface area contributed by atoms with Crippen LogP contribution in [-0.2, 0) is 12.8 Å². The van der Waals surface area contributed by atoms with E-state index < -0.39 is 0 Å². The van der Waals surface area contributed by atoms with Crippen LogP contribution in [0, 0.1) is 19.7 Å². The summed E-state index contributed by atoms with van der Waals surface area (Å²) in [5.41, 5.74) is 4.19. The third-order valence-electron chi connectivity index (χ3n) is 3.57. The van der Waals surface area contributed by atoms with Gasteiger partial charge in [0.05, 0.1) is 0 Å². The van der Waals surface area contributed by atoms with Crippen molar-refractivity contribution in [1.82, 2.24) is 15.3 Å². The minimum atomic E-state index is -0.218. The van der Waals surface area contributed by atoms with E-state index in [2.05, 4.69) is 15.3 Å². The molecule has 3 nitrogen and oxygen atoms in total. The molecule has 1 aromatic heterocycles. The van der Waals surface area contributed by atoms with Gasteiger partial charge in [0, 0.05) is 17.8 Å². The van der Waals surface area contributed by atoms with Crippen molar-refractivity contribution in [3.8, 4) is 0 Å². The number of rotatable bonds is 6. The van der Waals surface area contributed by atoms with Crippen molar-refractivity contribution in [3.63, 3.8) is 0 Å². The zero-order valence-corrected chi connectivity index (χ0v) is 12.9. The third kappa shape index (κ3) is 4.33. The fraction of sp³-hybridized carbons (Fsp3) is 0.412. The van der Waals surface area contributed by atoms with Gasteiger partial charge in [0.15, 0.2) is 0 Å². The highest BCUT2D eigenvalue weighted by Crippen LogP contribution is 2.15. The molecule has 1 aromatic carbocycles. The minimum absolute atomic E-state index is 0.218. The predicted molar refractivity (Wildman–Crippen MR) is 83.0 cm³/mol. The molecule has 2 rings (SSSR count). The molecule has 21 heavy (non-hydrogen) atoms. The summed E-state index contributed by atoms with van der Waals surface area (Å²) in [5, 5.41) is 3.15. The third-order valence-corrected chi connectivity index (χ3v) is 3.57. The van der Waals surface area contributed by atoms with Crippen molar-refractivity contribution in [1.29, 1.82) is 0 Å². The average Bonchev–Trinajstić information content (AvgIpc) is 2.42. The minimum Gasteiger partial charge on any atom is -0.320 e. The zero-order chi connectivity index (χ0) is 15.2. The van der Waals surface area contributed by atoms with Gasteiger partial charge >= 0.3 is 0 Å². The Morgan fingerprint density at radius 3 is 2.48 bits per heavy atom. The maximum atomic E-state index is 13.2. The van der Waals surface area contributed by atoms with Crippen molar-refractivity contribution in [2.45, 2.75) is 33.1 Å². The number of aromatic nitrogens is 2. The van der Waals surface area contributed by atoms with Crippen LogP contribution in [-0.4, -0.2) is 23.6 Å². The lowest BCUT2D eigenvalue weighted by Crippen LogP contribution is -2.11. The highest BCUT2D eigenvalue weighted by atomic mass is 19.1. The summed E-state index contributed by atoms with van der Waals surface area (Å²) in [6.07, 6.45) is 2.62. The van der Waals surface area contributed by atoms with E-state index in [1.54, 1.807) is 6.07 Å². The number of aryl methyl sites for hydroxylation is 2. The van der Waals surface area contributed by atoms with Gasteiger partial charge in [-0.2, -0.15) is 0 Å². The molecule has 0 aliphatic heterocycles. The van der Waals surface area contributed by atoms with E-state index in [0.717, 1.165) is 42.2 Å². The Morgan fingerprint density at radius 1 is 1.14 bits per heavy atom. The van der Waals surface area contributed by atoms with Crippen LogP contribution in [0.3, 0.4) is 0 Å². The van der Waals surface area contributed by atoms with Gasteiger partial charge < -0.3 is 5.32 Å². The molecule has 0 radical (unpaired) electrons. The molecule has 112 valence electrons. The van der Waals surface area contributed by atoms with Gasteiger partial charge in [-0.05, 0) is 63.5 Å². The largest absolute Gasteiger partial charge is 0.320 e. The fourth-order valence-electron chi connectivity index (χ4n) is 2.52. The van der Waals surface area contributed by atoms with Gasteiger partial charge in [0.2, 0.25) is 0 Å². The van der Waals surface area contributed by atoms with Crippen LogP contribution in [0.25, 0.3) is 0 Å². The zero-order valence-electron chi connectivity index (χ0n) is 12.9. The van der Waals surface area contributed by atoms with E-state index in [9.17, 15) is 4.39 Å². The molecule has 0 aliphatic rings. The van der Waals surface area contributed by atoms with Gasteiger partial charge in [0.25, 0.3) is 0 Å². The van der Waals surface area contributed by atoms with Crippen LogP contribution in [0.2, 0.25) is 0 Å². The molecule has 0 unspecified atom stereocenters. The van der Waals surface area contributed by atoms with E-state index in [1.807, 2.05) is 27.0 Å². The number of nitrogens with one attached hydrogen (secondary N) is 1. The Balaban J connectivity index is 2.15. The molecule has 0 fully saturated rings. The molecule has 0 amide bonds. The Hall–Kier alpha value is -1.81. The molecule has 1 N–H and O–H groups in total. The SMILES string of the molecule is CNCCCc1c(C)nc(Cc2cccc(F)c2)nc1C. The molecule has 0 bridgehead atoms. The van der Waals surface area contributed by atoms with Crippen molar-refractivity contribution >= 4 is 0 Å². The van der Waals surface area contributed by atoms with Crippen molar-refractivity contribution in [2.24, 2.45) is 0 Å². The van der Waals surface area contributed by atoms with E-state index >= 15 is 0 Å². The second kappa shape index (κ2) is 7.27. The Morgan fingerprint density at radius 2 is 1.86 bits per heavy atom. The second-order valence-electron chi connectivity index (χ2n) is 5.30. The first-order valence-corrected chi connectivity index (χ1v) is 7.32. The maximum Gasteiger partial charge on any atom is 0.133 e. The summed E-state index contributed by atoms with van der Waals surface area (Å²) in [7, 11) is 1.96. The summed E-state index contributed by atoms with van der Waals surface area (Å²) in [5.74, 6) is 0.539. The van der Waals surface area contributed by atoms with Gasteiger partial charge in [0.1, 0.15) is 11.6 Å². The van der Waals surface area contributed by atoms with Crippen LogP contribution in [0.5, 0.6) is 0 Å². The topological polar surface area (TPSA) is 37.8 Å². The van der Waals surface area contributed by atoms with Gasteiger partial charge in [-0.3, -0.25) is 0 Å². The van der Waals surface area contributed by atoms with Gasteiger partial charge in [-0.25, -0.2) is 14.4 Å². The summed E-state index contributed by atoms with van der Waals surface area (Å²) in [6, 6.07) is 6.61. The smallest absolute Gasteiger partial charge is 0.133 e. The first-order chi connectivity index (χ1) is 10.1. The van der Waals surface area contributed by atoms with Crippen LogP contribution >= 0.6 is 0 Å². The van der Waals surface area contributed by atoms with Crippen molar-refractivity contribution in [2.75, 3.05) is 13.6 Å². The summed E-state index contributed by atoms with van der Waals surface area (Å²) in [4.78, 5) is 9.17. The molecule has 1 heterocycles. The number of benzene rings is 1. The summed E-state index contributed by atoms with van der Waals surface area (Å²) in [6.45, 7) is 5.04. The lowest BCUT2D eigenvalue weighted by Gasteiger charge is -2.11. The monoisotopic (exact) mass is 287 g/mol. The standard InChI is InChI=1S/C17H22FN3/c1-12-16(8-5-9-19-3)13(2)21-17(20-12)11-14-6-4-7-15(18)10-14/h4,6-7,10,19H,5,8-9,11H2,1-3H3. The Kier molecular flexibility index (Phi) is 5.39. The molecule has 0 spiro atoms. The number of hydrogen-bond donors (Lipinski definition) is 1. The lowest BCUT2D eigenvalue weighted by atomic mass is 10.1. The summed E-state index contributed by atoms with van der Waals surface area (Å²) < 4.78 is 13.2. The average molecular weight is 287 g/mol.